The molecule has 3 rings (SSSR count). The summed E-state index contributed by atoms with van der Waals surface area (Å²) in [6, 6.07) is 6.82. The summed E-state index contributed by atoms with van der Waals surface area (Å²) in [6.07, 6.45) is 9.26. The van der Waals surface area contributed by atoms with Gasteiger partial charge in [-0.05, 0) is 37.6 Å². The second-order valence-corrected chi connectivity index (χ2v) is 6.90. The summed E-state index contributed by atoms with van der Waals surface area (Å²) in [6.45, 7) is 1.99. The van der Waals surface area contributed by atoms with Crippen LogP contribution in [-0.4, -0.2) is 26.8 Å². The van der Waals surface area contributed by atoms with Crippen LogP contribution in [0.4, 0.5) is 5.69 Å². The zero-order chi connectivity index (χ0) is 17.9. The second kappa shape index (κ2) is 6.95. The molecule has 1 atom stereocenters. The van der Waals surface area contributed by atoms with Crippen molar-refractivity contribution in [2.24, 2.45) is 10.7 Å². The Kier molecular flexibility index (Phi) is 4.72. The van der Waals surface area contributed by atoms with Gasteiger partial charge < -0.3 is 11.1 Å². The number of nitrogens with two attached hydrogens (primary N) is 1. The molecule has 3 N–H and O–H groups in total. The van der Waals surface area contributed by atoms with E-state index in [1.54, 1.807) is 24.4 Å². The highest BCUT2D eigenvalue weighted by molar-refractivity contribution is 8.13. The Bertz CT molecular complexity index is 872. The van der Waals surface area contributed by atoms with E-state index < -0.39 is 5.54 Å². The van der Waals surface area contributed by atoms with Crippen molar-refractivity contribution in [3.8, 4) is 12.3 Å². The summed E-state index contributed by atoms with van der Waals surface area (Å²) in [5.74, 6) is 3.04. The number of terminal acetylenes is 1. The van der Waals surface area contributed by atoms with E-state index in [4.69, 9.17) is 12.2 Å². The third-order valence-electron chi connectivity index (χ3n) is 3.93. The minimum absolute atomic E-state index is 0.292. The number of aliphatic imine (C=N–C) groups is 1. The molecule has 0 saturated carbocycles. The predicted octanol–water partition coefficient (Wildman–Crippen LogP) is 2.38. The Morgan fingerprint density at radius 1 is 1.40 bits per heavy atom. The van der Waals surface area contributed by atoms with Crippen molar-refractivity contribution < 1.29 is 4.79 Å². The van der Waals surface area contributed by atoms with Crippen LogP contribution < -0.4 is 11.1 Å². The number of amidine groups is 1. The maximum absolute atomic E-state index is 12.3. The first-order valence-corrected chi connectivity index (χ1v) is 8.67. The number of carbonyl (C=O) groups is 1. The summed E-state index contributed by atoms with van der Waals surface area (Å²) in [5, 5.41) is 3.38. The van der Waals surface area contributed by atoms with Gasteiger partial charge in [0.25, 0.3) is 5.91 Å². The smallest absolute Gasteiger partial charge is 0.274 e. The van der Waals surface area contributed by atoms with Crippen LogP contribution in [0.5, 0.6) is 0 Å². The molecule has 7 heteroatoms. The fourth-order valence-electron chi connectivity index (χ4n) is 2.48. The minimum atomic E-state index is -0.483. The summed E-state index contributed by atoms with van der Waals surface area (Å²) < 4.78 is 0. The first-order chi connectivity index (χ1) is 12.0. The molecule has 0 aliphatic carbocycles. The molecule has 1 aliphatic heterocycles. The van der Waals surface area contributed by atoms with Crippen molar-refractivity contribution in [3.05, 3.63) is 53.6 Å². The number of nitrogens with one attached hydrogen (secondary N) is 1. The summed E-state index contributed by atoms with van der Waals surface area (Å²) >= 11 is 1.54. The first-order valence-electron chi connectivity index (χ1n) is 7.69. The molecule has 2 aromatic rings. The summed E-state index contributed by atoms with van der Waals surface area (Å²) in [7, 11) is 0. The lowest BCUT2D eigenvalue weighted by molar-refractivity contribution is 0.102. The van der Waals surface area contributed by atoms with Gasteiger partial charge in [-0.3, -0.25) is 9.78 Å². The van der Waals surface area contributed by atoms with E-state index in [0.717, 1.165) is 17.9 Å². The monoisotopic (exact) mass is 351 g/mol. The number of aromatic nitrogens is 2. The molecule has 25 heavy (non-hydrogen) atoms. The molecule has 126 valence electrons. The van der Waals surface area contributed by atoms with Gasteiger partial charge in [0, 0.05) is 29.4 Å². The SMILES string of the molecule is C#Cc1ccc(C(=O)Nc2ccnc([C@]3(C)CCSC(N)=N3)c2)nc1. The van der Waals surface area contributed by atoms with Crippen LogP contribution in [0.3, 0.4) is 0 Å². The number of pyridine rings is 2. The summed E-state index contributed by atoms with van der Waals surface area (Å²) in [5.41, 5.74) is 7.69. The highest BCUT2D eigenvalue weighted by Crippen LogP contribution is 2.34. The van der Waals surface area contributed by atoms with Gasteiger partial charge >= 0.3 is 0 Å². The van der Waals surface area contributed by atoms with Crippen molar-refractivity contribution in [3.63, 3.8) is 0 Å². The van der Waals surface area contributed by atoms with Gasteiger partial charge in [0.2, 0.25) is 0 Å². The van der Waals surface area contributed by atoms with Gasteiger partial charge in [0.15, 0.2) is 5.17 Å². The number of hydrogen-bond donors (Lipinski definition) is 2. The number of nitrogens with zero attached hydrogens (tertiary/aromatic N) is 3. The Balaban J connectivity index is 1.81. The molecule has 0 spiro atoms. The third-order valence-corrected chi connectivity index (χ3v) is 4.72. The number of hydrogen-bond acceptors (Lipinski definition) is 6. The molecule has 0 saturated heterocycles. The van der Waals surface area contributed by atoms with Gasteiger partial charge in [-0.25, -0.2) is 9.98 Å². The van der Waals surface area contributed by atoms with E-state index in [1.807, 2.05) is 13.0 Å². The van der Waals surface area contributed by atoms with Crippen LogP contribution in [0.1, 0.15) is 35.1 Å². The molecule has 0 radical (unpaired) electrons. The van der Waals surface area contributed by atoms with Gasteiger partial charge in [-0.15, -0.1) is 6.42 Å². The van der Waals surface area contributed by atoms with Crippen LogP contribution >= 0.6 is 11.8 Å². The highest BCUT2D eigenvalue weighted by atomic mass is 32.2. The maximum atomic E-state index is 12.3. The first kappa shape index (κ1) is 17.0. The highest BCUT2D eigenvalue weighted by Gasteiger charge is 2.31. The molecule has 1 aliphatic rings. The van der Waals surface area contributed by atoms with Crippen molar-refractivity contribution in [1.82, 2.24) is 9.97 Å². The fraction of sp³-hybridized carbons (Fsp3) is 0.222. The van der Waals surface area contributed by atoms with E-state index in [9.17, 15) is 4.79 Å². The largest absolute Gasteiger partial charge is 0.379 e. The zero-order valence-corrected chi connectivity index (χ0v) is 14.5. The number of carbonyl (C=O) groups excluding carboxylic acids is 1. The van der Waals surface area contributed by atoms with E-state index in [0.29, 0.717) is 22.1 Å². The Labute approximate surface area is 150 Å². The average molecular weight is 351 g/mol. The van der Waals surface area contributed by atoms with Gasteiger partial charge in [-0.2, -0.15) is 0 Å². The van der Waals surface area contributed by atoms with Gasteiger partial charge in [-0.1, -0.05) is 17.7 Å². The molecule has 2 aromatic heterocycles. The Hall–Kier alpha value is -2.85. The fourth-order valence-corrected chi connectivity index (χ4v) is 3.46. The van der Waals surface area contributed by atoms with Crippen LogP contribution in [0.25, 0.3) is 0 Å². The number of thioether (sulfide) groups is 1. The van der Waals surface area contributed by atoms with Crippen LogP contribution in [-0.2, 0) is 5.54 Å². The second-order valence-electron chi connectivity index (χ2n) is 5.78. The lowest BCUT2D eigenvalue weighted by Gasteiger charge is -2.28. The topological polar surface area (TPSA) is 93.3 Å². The lowest BCUT2D eigenvalue weighted by Crippen LogP contribution is -2.29. The van der Waals surface area contributed by atoms with E-state index in [-0.39, 0.29) is 5.91 Å². The van der Waals surface area contributed by atoms with Crippen molar-refractivity contribution >= 4 is 28.5 Å². The molecule has 0 fully saturated rings. The number of amides is 1. The lowest BCUT2D eigenvalue weighted by atomic mass is 9.94. The maximum Gasteiger partial charge on any atom is 0.274 e. The van der Waals surface area contributed by atoms with Crippen LogP contribution in [0.2, 0.25) is 0 Å². The Morgan fingerprint density at radius 3 is 2.92 bits per heavy atom. The molecule has 3 heterocycles. The van der Waals surface area contributed by atoms with Gasteiger partial charge in [0.1, 0.15) is 11.2 Å². The van der Waals surface area contributed by atoms with Gasteiger partial charge in [0.05, 0.1) is 5.69 Å². The number of anilines is 1. The molecular weight excluding hydrogens is 334 g/mol. The number of rotatable bonds is 3. The Morgan fingerprint density at radius 2 is 2.24 bits per heavy atom. The molecule has 0 bridgehead atoms. The standard InChI is InChI=1S/C18H17N5OS/c1-3-12-4-5-14(21-11-12)16(24)22-13-6-8-20-15(10-13)18(2)7-9-25-17(19)23-18/h1,4-6,8,10-11H,7,9H2,2H3,(H2,19,23)(H,20,22,24)/t18-/m0/s1. The van der Waals surface area contributed by atoms with Crippen LogP contribution in [0.15, 0.2) is 41.7 Å². The molecule has 1 amide bonds. The average Bonchev–Trinajstić information content (AvgIpc) is 2.62. The van der Waals surface area contributed by atoms with Crippen molar-refractivity contribution in [2.75, 3.05) is 11.1 Å². The van der Waals surface area contributed by atoms with Crippen molar-refractivity contribution in [1.29, 1.82) is 0 Å². The normalized spacial score (nSPS) is 19.6. The van der Waals surface area contributed by atoms with Crippen molar-refractivity contribution in [2.45, 2.75) is 18.9 Å². The molecule has 0 aromatic carbocycles. The molecule has 0 unspecified atom stereocenters. The van der Waals surface area contributed by atoms with Crippen LogP contribution in [0, 0.1) is 12.3 Å². The third kappa shape index (κ3) is 3.80. The predicted molar refractivity (Wildman–Crippen MR) is 100 cm³/mol. The molecule has 6 nitrogen and oxygen atoms in total. The zero-order valence-electron chi connectivity index (χ0n) is 13.7. The van der Waals surface area contributed by atoms with E-state index in [1.165, 1.54) is 18.0 Å². The molecular formula is C18H17N5OS. The quantitative estimate of drug-likeness (QED) is 0.828. The van der Waals surface area contributed by atoms with E-state index >= 15 is 0 Å². The summed E-state index contributed by atoms with van der Waals surface area (Å²) in [4.78, 5) is 25.4. The van der Waals surface area contributed by atoms with E-state index in [2.05, 4.69) is 26.2 Å². The minimum Gasteiger partial charge on any atom is -0.379 e.